The van der Waals surface area contributed by atoms with E-state index in [1.807, 2.05) is 4.57 Å². The van der Waals surface area contributed by atoms with E-state index in [2.05, 4.69) is 4.98 Å². The molecule has 1 aliphatic heterocycles. The number of aromatic nitrogens is 2. The highest BCUT2D eigenvalue weighted by molar-refractivity contribution is 5.79. The molecule has 1 fully saturated rings. The van der Waals surface area contributed by atoms with Gasteiger partial charge in [0.1, 0.15) is 5.82 Å². The molecule has 2 N–H and O–H groups in total. The lowest BCUT2D eigenvalue weighted by Crippen LogP contribution is -2.11. The second-order valence-corrected chi connectivity index (χ2v) is 4.45. The van der Waals surface area contributed by atoms with Gasteiger partial charge in [0.25, 0.3) is 0 Å². The van der Waals surface area contributed by atoms with Gasteiger partial charge in [0.05, 0.1) is 23.7 Å². The van der Waals surface area contributed by atoms with E-state index in [0.717, 1.165) is 18.5 Å². The second kappa shape index (κ2) is 3.70. The Hall–Kier alpha value is -1.62. The molecular formula is C12H14FN3O. The summed E-state index contributed by atoms with van der Waals surface area (Å²) in [5, 5.41) is 0. The molecule has 3 rings (SSSR count). The van der Waals surface area contributed by atoms with Gasteiger partial charge in [-0.25, -0.2) is 9.37 Å². The van der Waals surface area contributed by atoms with Gasteiger partial charge < -0.3 is 15.0 Å². The van der Waals surface area contributed by atoms with Crippen molar-refractivity contribution < 1.29 is 9.13 Å². The molecule has 0 amide bonds. The van der Waals surface area contributed by atoms with Gasteiger partial charge in [-0.2, -0.15) is 0 Å². The van der Waals surface area contributed by atoms with Gasteiger partial charge >= 0.3 is 0 Å². The molecule has 2 aromatic rings. The fourth-order valence-electron chi connectivity index (χ4n) is 2.35. The number of nitrogens with zero attached hydrogens (tertiary/aromatic N) is 2. The molecule has 1 unspecified atom stereocenters. The van der Waals surface area contributed by atoms with E-state index in [1.165, 1.54) is 6.07 Å². The third-order valence-electron chi connectivity index (χ3n) is 3.27. The zero-order chi connectivity index (χ0) is 12.0. The molecule has 0 saturated carbocycles. The zero-order valence-electron chi connectivity index (χ0n) is 9.61. The molecule has 4 nitrogen and oxygen atoms in total. The topological polar surface area (TPSA) is 53.1 Å². The van der Waals surface area contributed by atoms with E-state index in [4.69, 9.17) is 10.5 Å². The molecule has 1 aromatic heterocycles. The van der Waals surface area contributed by atoms with E-state index in [9.17, 15) is 4.39 Å². The number of aryl methyl sites for hydroxylation is 1. The summed E-state index contributed by atoms with van der Waals surface area (Å²) in [6.45, 7) is 3.13. The third-order valence-corrected chi connectivity index (χ3v) is 3.27. The van der Waals surface area contributed by atoms with Crippen LogP contribution in [0.1, 0.15) is 18.0 Å². The van der Waals surface area contributed by atoms with Gasteiger partial charge in [-0.05, 0) is 25.0 Å². The van der Waals surface area contributed by atoms with Gasteiger partial charge in [0.2, 0.25) is 5.95 Å². The van der Waals surface area contributed by atoms with Crippen LogP contribution in [0.4, 0.5) is 10.3 Å². The van der Waals surface area contributed by atoms with Gasteiger partial charge in [-0.1, -0.05) is 0 Å². The summed E-state index contributed by atoms with van der Waals surface area (Å²) in [5.74, 6) is 0.185. The number of imidazole rings is 1. The number of ether oxygens (including phenoxy) is 1. The number of benzene rings is 1. The second-order valence-electron chi connectivity index (χ2n) is 4.45. The molecule has 0 spiro atoms. The normalized spacial score (nSPS) is 20.2. The maximum atomic E-state index is 13.5. The summed E-state index contributed by atoms with van der Waals surface area (Å²) < 4.78 is 20.8. The molecule has 90 valence electrons. The van der Waals surface area contributed by atoms with E-state index in [1.54, 1.807) is 13.0 Å². The molecule has 0 radical (unpaired) electrons. The van der Waals surface area contributed by atoms with E-state index in [0.29, 0.717) is 23.6 Å². The number of rotatable bonds is 1. The van der Waals surface area contributed by atoms with Crippen LogP contribution in [0.3, 0.4) is 0 Å². The van der Waals surface area contributed by atoms with Crippen molar-refractivity contribution in [2.75, 3.05) is 18.9 Å². The predicted molar refractivity (Wildman–Crippen MR) is 63.3 cm³/mol. The fraction of sp³-hybridized carbons (Fsp3) is 0.417. The monoisotopic (exact) mass is 235 g/mol. The molecule has 1 saturated heterocycles. The van der Waals surface area contributed by atoms with E-state index < -0.39 is 0 Å². The zero-order valence-corrected chi connectivity index (χ0v) is 9.61. The first-order valence-corrected chi connectivity index (χ1v) is 5.68. The van der Waals surface area contributed by atoms with Gasteiger partial charge in [0.15, 0.2) is 0 Å². The quantitative estimate of drug-likeness (QED) is 0.822. The van der Waals surface area contributed by atoms with Crippen molar-refractivity contribution in [2.45, 2.75) is 19.4 Å². The number of fused-ring (bicyclic) bond motifs is 1. The van der Waals surface area contributed by atoms with Crippen molar-refractivity contribution in [1.82, 2.24) is 9.55 Å². The largest absolute Gasteiger partial charge is 0.379 e. The van der Waals surface area contributed by atoms with Crippen LogP contribution < -0.4 is 5.73 Å². The SMILES string of the molecule is Cc1cc2c(cc1F)nc(N)n2C1CCOC1. The maximum Gasteiger partial charge on any atom is 0.201 e. The summed E-state index contributed by atoms with van der Waals surface area (Å²) in [4.78, 5) is 4.20. The molecule has 1 aromatic carbocycles. The van der Waals surface area contributed by atoms with Crippen molar-refractivity contribution in [3.8, 4) is 0 Å². The Morgan fingerprint density at radius 1 is 1.53 bits per heavy atom. The summed E-state index contributed by atoms with van der Waals surface area (Å²) in [6, 6.07) is 3.45. The molecule has 0 aliphatic carbocycles. The number of hydrogen-bond acceptors (Lipinski definition) is 3. The molecule has 1 aliphatic rings. The highest BCUT2D eigenvalue weighted by atomic mass is 19.1. The standard InChI is InChI=1S/C12H14FN3O/c1-7-4-11-10(5-9(7)13)15-12(14)16(11)8-2-3-17-6-8/h4-5,8H,2-3,6H2,1H3,(H2,14,15). The first kappa shape index (κ1) is 10.5. The minimum atomic E-state index is -0.246. The molecule has 5 heteroatoms. The summed E-state index contributed by atoms with van der Waals surface area (Å²) in [5.41, 5.74) is 8.01. The van der Waals surface area contributed by atoms with Gasteiger partial charge in [-0.15, -0.1) is 0 Å². The van der Waals surface area contributed by atoms with Crippen molar-refractivity contribution in [3.05, 3.63) is 23.5 Å². The first-order valence-electron chi connectivity index (χ1n) is 5.68. The Balaban J connectivity index is 2.22. The number of nitrogens with two attached hydrogens (primary N) is 1. The summed E-state index contributed by atoms with van der Waals surface area (Å²) >= 11 is 0. The van der Waals surface area contributed by atoms with Crippen LogP contribution in [0.15, 0.2) is 12.1 Å². The molecular weight excluding hydrogens is 221 g/mol. The highest BCUT2D eigenvalue weighted by Crippen LogP contribution is 2.29. The van der Waals surface area contributed by atoms with Crippen molar-refractivity contribution in [2.24, 2.45) is 0 Å². The van der Waals surface area contributed by atoms with Crippen molar-refractivity contribution in [3.63, 3.8) is 0 Å². The highest BCUT2D eigenvalue weighted by Gasteiger charge is 2.22. The van der Waals surface area contributed by atoms with Crippen LogP contribution in [0.2, 0.25) is 0 Å². The average Bonchev–Trinajstić information content (AvgIpc) is 2.86. The molecule has 1 atom stereocenters. The minimum absolute atomic E-state index is 0.213. The van der Waals surface area contributed by atoms with Crippen molar-refractivity contribution in [1.29, 1.82) is 0 Å². The Kier molecular flexibility index (Phi) is 2.29. The number of hydrogen-bond donors (Lipinski definition) is 1. The Labute approximate surface area is 98.2 Å². The molecule has 0 bridgehead atoms. The van der Waals surface area contributed by atoms with Crippen LogP contribution in [0.25, 0.3) is 11.0 Å². The van der Waals surface area contributed by atoms with E-state index in [-0.39, 0.29) is 11.9 Å². The average molecular weight is 235 g/mol. The lowest BCUT2D eigenvalue weighted by Gasteiger charge is -2.12. The first-order chi connectivity index (χ1) is 8.16. The third kappa shape index (κ3) is 1.58. The van der Waals surface area contributed by atoms with E-state index >= 15 is 0 Å². The van der Waals surface area contributed by atoms with Crippen molar-refractivity contribution >= 4 is 17.0 Å². The smallest absolute Gasteiger partial charge is 0.201 e. The summed E-state index contributed by atoms with van der Waals surface area (Å²) in [6.07, 6.45) is 0.923. The van der Waals surface area contributed by atoms with Crippen LogP contribution >= 0.6 is 0 Å². The minimum Gasteiger partial charge on any atom is -0.379 e. The number of nitrogen functional groups attached to an aromatic ring is 1. The lowest BCUT2D eigenvalue weighted by molar-refractivity contribution is 0.187. The van der Waals surface area contributed by atoms with Crippen LogP contribution in [-0.2, 0) is 4.74 Å². The predicted octanol–water partition coefficient (Wildman–Crippen LogP) is 2.03. The van der Waals surface area contributed by atoms with Crippen LogP contribution in [0.5, 0.6) is 0 Å². The number of halogens is 1. The Bertz CT molecular complexity index is 573. The summed E-state index contributed by atoms with van der Waals surface area (Å²) in [7, 11) is 0. The maximum absolute atomic E-state index is 13.5. The van der Waals surface area contributed by atoms with Crippen LogP contribution in [-0.4, -0.2) is 22.8 Å². The number of anilines is 1. The lowest BCUT2D eigenvalue weighted by atomic mass is 10.2. The van der Waals surface area contributed by atoms with Crippen LogP contribution in [0, 0.1) is 12.7 Å². The molecule has 2 heterocycles. The Morgan fingerprint density at radius 2 is 2.35 bits per heavy atom. The Morgan fingerprint density at radius 3 is 3.06 bits per heavy atom. The fourth-order valence-corrected chi connectivity index (χ4v) is 2.35. The van der Waals surface area contributed by atoms with Gasteiger partial charge in [-0.3, -0.25) is 0 Å². The van der Waals surface area contributed by atoms with Gasteiger partial charge in [0, 0.05) is 12.7 Å². The molecule has 17 heavy (non-hydrogen) atoms.